The van der Waals surface area contributed by atoms with Crippen LogP contribution in [0.25, 0.3) is 0 Å². The normalized spacial score (nSPS) is 10.8. The molecule has 0 aliphatic heterocycles. The second-order valence-corrected chi connectivity index (χ2v) is 3.28. The number of aromatic hydroxyl groups is 1. The fourth-order valence-corrected chi connectivity index (χ4v) is 1.51. The Hall–Kier alpha value is -1.03. The Morgan fingerprint density at radius 3 is 2.75 bits per heavy atom. The summed E-state index contributed by atoms with van der Waals surface area (Å²) >= 11 is 3.17. The summed E-state index contributed by atoms with van der Waals surface area (Å²) in [5.74, 6) is 0.0819. The smallest absolute Gasteiger partial charge is 0.138 e. The number of rotatable bonds is 1. The summed E-state index contributed by atoms with van der Waals surface area (Å²) < 4.78 is 0.595. The van der Waals surface area contributed by atoms with Crippen LogP contribution in [0.5, 0.6) is 5.75 Å². The molecule has 12 heavy (non-hydrogen) atoms. The van der Waals surface area contributed by atoms with Gasteiger partial charge in [0.15, 0.2) is 0 Å². The fourth-order valence-electron chi connectivity index (χ4n) is 0.922. The topological polar surface area (TPSA) is 52.8 Å². The zero-order valence-corrected chi connectivity index (χ0v) is 8.04. The second kappa shape index (κ2) is 3.58. The molecular weight excluding hydrogens is 222 g/mol. The van der Waals surface area contributed by atoms with Crippen LogP contribution in [0.1, 0.15) is 11.1 Å². The number of hydrogen-bond acceptors (Lipinski definition) is 3. The van der Waals surface area contributed by atoms with Crippen LogP contribution in [-0.4, -0.2) is 16.5 Å². The molecule has 64 valence electrons. The number of phenols is 1. The van der Waals surface area contributed by atoms with Crippen molar-refractivity contribution in [2.24, 2.45) is 5.16 Å². The summed E-state index contributed by atoms with van der Waals surface area (Å²) in [6, 6.07) is 3.50. The number of hydrogen-bond donors (Lipinski definition) is 2. The largest absolute Gasteiger partial charge is 0.506 e. The lowest BCUT2D eigenvalue weighted by atomic mass is 10.1. The van der Waals surface area contributed by atoms with Crippen molar-refractivity contribution in [3.63, 3.8) is 0 Å². The molecule has 1 aromatic rings. The molecule has 0 aliphatic rings. The van der Waals surface area contributed by atoms with Gasteiger partial charge in [0.2, 0.25) is 0 Å². The summed E-state index contributed by atoms with van der Waals surface area (Å²) in [5.41, 5.74) is 1.47. The first kappa shape index (κ1) is 9.06. The molecule has 0 bridgehead atoms. The molecule has 0 radical (unpaired) electrons. The summed E-state index contributed by atoms with van der Waals surface area (Å²) in [6.45, 7) is 1.89. The number of phenolic OH excluding ortho intramolecular Hbond substituents is 1. The van der Waals surface area contributed by atoms with Gasteiger partial charge in [0.25, 0.3) is 0 Å². The first-order chi connectivity index (χ1) is 5.65. The van der Waals surface area contributed by atoms with E-state index in [1.807, 2.05) is 6.92 Å². The first-order valence-corrected chi connectivity index (χ1v) is 4.11. The number of benzene rings is 1. The molecule has 4 heteroatoms. The Labute approximate surface area is 78.5 Å². The van der Waals surface area contributed by atoms with Crippen LogP contribution in [-0.2, 0) is 0 Å². The van der Waals surface area contributed by atoms with E-state index < -0.39 is 0 Å². The van der Waals surface area contributed by atoms with Crippen molar-refractivity contribution in [3.8, 4) is 5.75 Å². The third-order valence-corrected chi connectivity index (χ3v) is 2.04. The molecule has 0 saturated carbocycles. The van der Waals surface area contributed by atoms with Gasteiger partial charge in [0.05, 0.1) is 10.7 Å². The minimum absolute atomic E-state index is 0.0819. The van der Waals surface area contributed by atoms with Gasteiger partial charge in [-0.05, 0) is 40.5 Å². The van der Waals surface area contributed by atoms with E-state index in [0.717, 1.165) is 5.56 Å². The van der Waals surface area contributed by atoms with E-state index in [2.05, 4.69) is 21.1 Å². The standard InChI is InChI=1S/C8H8BrNO2/c1-5-2-6(4-10-12)8(11)7(9)3-5/h2-4,11-12H,1H3/b10-4+. The predicted octanol–water partition coefficient (Wildman–Crippen LogP) is 2.27. The van der Waals surface area contributed by atoms with E-state index in [4.69, 9.17) is 5.21 Å². The molecule has 2 N–H and O–H groups in total. The lowest BCUT2D eigenvalue weighted by molar-refractivity contribution is 0.321. The highest BCUT2D eigenvalue weighted by Gasteiger charge is 2.03. The number of nitrogens with zero attached hydrogens (tertiary/aromatic N) is 1. The van der Waals surface area contributed by atoms with Crippen molar-refractivity contribution < 1.29 is 10.3 Å². The average molecular weight is 230 g/mol. The van der Waals surface area contributed by atoms with Crippen LogP contribution in [0.4, 0.5) is 0 Å². The van der Waals surface area contributed by atoms with E-state index in [-0.39, 0.29) is 5.75 Å². The molecule has 0 atom stereocenters. The second-order valence-electron chi connectivity index (χ2n) is 2.43. The van der Waals surface area contributed by atoms with Crippen molar-refractivity contribution in [2.75, 3.05) is 0 Å². The molecule has 0 spiro atoms. The zero-order valence-electron chi connectivity index (χ0n) is 6.45. The van der Waals surface area contributed by atoms with Gasteiger partial charge in [-0.1, -0.05) is 5.16 Å². The maximum Gasteiger partial charge on any atom is 0.138 e. The van der Waals surface area contributed by atoms with Crippen molar-refractivity contribution in [3.05, 3.63) is 27.7 Å². The number of oxime groups is 1. The molecule has 0 aromatic heterocycles. The lowest BCUT2D eigenvalue weighted by Crippen LogP contribution is -1.85. The van der Waals surface area contributed by atoms with Gasteiger partial charge in [0.1, 0.15) is 5.75 Å². The van der Waals surface area contributed by atoms with E-state index in [1.54, 1.807) is 12.1 Å². The first-order valence-electron chi connectivity index (χ1n) is 3.31. The molecular formula is C8H8BrNO2. The monoisotopic (exact) mass is 229 g/mol. The molecule has 0 amide bonds. The molecule has 0 heterocycles. The molecule has 0 unspecified atom stereocenters. The number of halogens is 1. The molecule has 0 saturated heterocycles. The Kier molecular flexibility index (Phi) is 2.70. The third kappa shape index (κ3) is 1.76. The summed E-state index contributed by atoms with van der Waals surface area (Å²) in [7, 11) is 0. The highest BCUT2D eigenvalue weighted by molar-refractivity contribution is 9.10. The minimum Gasteiger partial charge on any atom is -0.506 e. The highest BCUT2D eigenvalue weighted by atomic mass is 79.9. The fraction of sp³-hybridized carbons (Fsp3) is 0.125. The highest BCUT2D eigenvalue weighted by Crippen LogP contribution is 2.27. The summed E-state index contributed by atoms with van der Waals surface area (Å²) in [6.07, 6.45) is 1.19. The van der Waals surface area contributed by atoms with Crippen LogP contribution in [0.2, 0.25) is 0 Å². The molecule has 3 nitrogen and oxygen atoms in total. The van der Waals surface area contributed by atoms with Gasteiger partial charge >= 0.3 is 0 Å². The van der Waals surface area contributed by atoms with Gasteiger partial charge in [-0.2, -0.15) is 0 Å². The maximum atomic E-state index is 9.40. The lowest BCUT2D eigenvalue weighted by Gasteiger charge is -2.02. The Bertz CT molecular complexity index is 323. The quantitative estimate of drug-likeness (QED) is 0.441. The Balaban J connectivity index is 3.27. The van der Waals surface area contributed by atoms with Crippen LogP contribution in [0, 0.1) is 6.92 Å². The molecule has 1 rings (SSSR count). The molecule has 1 aromatic carbocycles. The predicted molar refractivity (Wildman–Crippen MR) is 49.9 cm³/mol. The van der Waals surface area contributed by atoms with Gasteiger partial charge in [0, 0.05) is 5.56 Å². The van der Waals surface area contributed by atoms with Crippen molar-refractivity contribution in [2.45, 2.75) is 6.92 Å². The maximum absolute atomic E-state index is 9.40. The van der Waals surface area contributed by atoms with E-state index in [1.165, 1.54) is 6.21 Å². The van der Waals surface area contributed by atoms with Gasteiger partial charge in [-0.25, -0.2) is 0 Å². The van der Waals surface area contributed by atoms with E-state index >= 15 is 0 Å². The van der Waals surface area contributed by atoms with E-state index in [9.17, 15) is 5.11 Å². The van der Waals surface area contributed by atoms with Crippen LogP contribution >= 0.6 is 15.9 Å². The van der Waals surface area contributed by atoms with Crippen LogP contribution in [0.3, 0.4) is 0 Å². The Morgan fingerprint density at radius 2 is 2.17 bits per heavy atom. The molecule has 0 fully saturated rings. The summed E-state index contributed by atoms with van der Waals surface area (Å²) in [5, 5.41) is 20.5. The number of aryl methyl sites for hydroxylation is 1. The van der Waals surface area contributed by atoms with Crippen molar-refractivity contribution >= 4 is 22.1 Å². The van der Waals surface area contributed by atoms with Gasteiger partial charge < -0.3 is 10.3 Å². The van der Waals surface area contributed by atoms with Crippen LogP contribution < -0.4 is 0 Å². The summed E-state index contributed by atoms with van der Waals surface area (Å²) in [4.78, 5) is 0. The third-order valence-electron chi connectivity index (χ3n) is 1.43. The average Bonchev–Trinajstić information content (AvgIpc) is 2.00. The Morgan fingerprint density at radius 1 is 1.50 bits per heavy atom. The van der Waals surface area contributed by atoms with Crippen LogP contribution in [0.15, 0.2) is 21.8 Å². The van der Waals surface area contributed by atoms with E-state index in [0.29, 0.717) is 10.0 Å². The van der Waals surface area contributed by atoms with Crippen molar-refractivity contribution in [1.82, 2.24) is 0 Å². The van der Waals surface area contributed by atoms with Gasteiger partial charge in [-0.3, -0.25) is 0 Å². The van der Waals surface area contributed by atoms with Gasteiger partial charge in [-0.15, -0.1) is 0 Å². The minimum atomic E-state index is 0.0819. The zero-order chi connectivity index (χ0) is 9.14. The van der Waals surface area contributed by atoms with Crippen molar-refractivity contribution in [1.29, 1.82) is 0 Å². The SMILES string of the molecule is Cc1cc(Br)c(O)c(/C=N/O)c1. The molecule has 0 aliphatic carbocycles.